The molecule has 17 heteroatoms. The van der Waals surface area contributed by atoms with E-state index in [0.717, 1.165) is 64.9 Å². The normalized spacial score (nSPS) is 17.7. The second-order valence-corrected chi connectivity index (χ2v) is 18.8. The Morgan fingerprint density at radius 1 is 1.09 bits per heavy atom. The molecule has 3 aliphatic rings. The van der Waals surface area contributed by atoms with E-state index in [2.05, 4.69) is 69.4 Å². The zero-order valence-corrected chi connectivity index (χ0v) is 37.8. The highest BCUT2D eigenvalue weighted by atomic mass is 16.6. The molecule has 0 saturated carbocycles. The number of nitrogens with zero attached hydrogens (tertiary/aromatic N) is 7. The second kappa shape index (κ2) is 18.8. The number of rotatable bonds is 15. The lowest BCUT2D eigenvalue weighted by Crippen LogP contribution is -2.49. The van der Waals surface area contributed by atoms with E-state index in [4.69, 9.17) is 4.74 Å². The number of imidazole rings is 1. The summed E-state index contributed by atoms with van der Waals surface area (Å²) < 4.78 is 6.87. The van der Waals surface area contributed by atoms with Gasteiger partial charge < -0.3 is 45.2 Å². The molecule has 1 aliphatic carbocycles. The average Bonchev–Trinajstić information content (AvgIpc) is 4.01. The number of carbonyl (C=O) groups is 4. The zero-order chi connectivity index (χ0) is 45.9. The van der Waals surface area contributed by atoms with Crippen LogP contribution in [0.15, 0.2) is 42.7 Å². The second-order valence-electron chi connectivity index (χ2n) is 18.8. The van der Waals surface area contributed by atoms with Crippen molar-refractivity contribution in [2.45, 2.75) is 116 Å². The maximum atomic E-state index is 14.1. The van der Waals surface area contributed by atoms with Crippen LogP contribution in [0.25, 0.3) is 10.9 Å². The number of piperazine rings is 1. The zero-order valence-electron chi connectivity index (χ0n) is 37.8. The molecule has 0 spiro atoms. The highest BCUT2D eigenvalue weighted by Crippen LogP contribution is 2.46. The largest absolute Gasteiger partial charge is 0.444 e. The Kier molecular flexibility index (Phi) is 13.5. The summed E-state index contributed by atoms with van der Waals surface area (Å²) in [5.41, 5.74) is 5.57. The molecule has 17 nitrogen and oxygen atoms in total. The van der Waals surface area contributed by atoms with E-state index in [-0.39, 0.29) is 36.0 Å². The van der Waals surface area contributed by atoms with Crippen molar-refractivity contribution in [2.24, 2.45) is 0 Å². The molecular weight excluding hydrogens is 817 g/mol. The molecule has 7 rings (SSSR count). The number of benzene rings is 2. The summed E-state index contributed by atoms with van der Waals surface area (Å²) in [5, 5.41) is 27.5. The number of aryl methyl sites for hydroxylation is 2. The fourth-order valence-corrected chi connectivity index (χ4v) is 9.48. The van der Waals surface area contributed by atoms with Gasteiger partial charge in [0.05, 0.1) is 23.7 Å². The maximum Gasteiger partial charge on any atom is 0.434 e. The van der Waals surface area contributed by atoms with Crippen molar-refractivity contribution < 1.29 is 28.8 Å². The fourth-order valence-electron chi connectivity index (χ4n) is 9.48. The first-order chi connectivity index (χ1) is 30.4. The monoisotopic (exact) mass is 876 g/mol. The van der Waals surface area contributed by atoms with E-state index >= 15 is 0 Å². The lowest BCUT2D eigenvalue weighted by Gasteiger charge is -2.39. The predicted octanol–water partition coefficient (Wildman–Crippen LogP) is 5.96. The van der Waals surface area contributed by atoms with Gasteiger partial charge in [-0.3, -0.25) is 14.4 Å². The van der Waals surface area contributed by atoms with Crippen molar-refractivity contribution in [3.63, 3.8) is 0 Å². The van der Waals surface area contributed by atoms with Gasteiger partial charge in [0.25, 0.3) is 0 Å². The van der Waals surface area contributed by atoms with E-state index in [0.29, 0.717) is 76.1 Å². The molecule has 4 heterocycles. The Balaban J connectivity index is 0.875. The Bertz CT molecular complexity index is 2470. The first-order valence-electron chi connectivity index (χ1n) is 22.4. The number of alkyl carbamates (subject to hydrolysis) is 1. The molecule has 0 bridgehead atoms. The number of anilines is 1. The van der Waals surface area contributed by atoms with Crippen LogP contribution in [0.1, 0.15) is 118 Å². The smallest absolute Gasteiger partial charge is 0.434 e. The van der Waals surface area contributed by atoms with Crippen molar-refractivity contribution in [3.05, 3.63) is 86.4 Å². The van der Waals surface area contributed by atoms with Gasteiger partial charge in [0.15, 0.2) is 5.78 Å². The van der Waals surface area contributed by atoms with Crippen LogP contribution in [0.2, 0.25) is 0 Å². The van der Waals surface area contributed by atoms with Crippen LogP contribution in [-0.2, 0) is 32.7 Å². The summed E-state index contributed by atoms with van der Waals surface area (Å²) in [6, 6.07) is 11.3. The standard InChI is InChI=1S/C47H60N10O7/c1-7-31-25-35-36(47(5,6)43-41(42(35)60)34-13-12-30(28-48)24-37(34)52-43)27-38(31)54-20-22-55(23-21-54)40(59)11-9-16-53-18-14-33(29-53)50-39(58)26-32(51-45(61)64-46(2,3)4)10-8-17-56-19-15-49-44(56)57(62)63/h12-13,15,19,24-25,27,32-33,52H,7-11,14,16-18,20-23,26,29H2,1-6H3,(H,50,58)(H,51,61)/t32-,33+/m0/s1. The minimum Gasteiger partial charge on any atom is -0.444 e. The summed E-state index contributed by atoms with van der Waals surface area (Å²) in [6.07, 6.45) is 5.85. The van der Waals surface area contributed by atoms with E-state index in [1.807, 2.05) is 11.0 Å². The molecular formula is C47H60N10O7. The summed E-state index contributed by atoms with van der Waals surface area (Å²) in [5.74, 6) is -0.329. The van der Waals surface area contributed by atoms with Crippen LogP contribution in [-0.4, -0.2) is 116 Å². The summed E-state index contributed by atoms with van der Waals surface area (Å²) in [7, 11) is 0. The third-order valence-electron chi connectivity index (χ3n) is 12.7. The highest BCUT2D eigenvalue weighted by Gasteiger charge is 2.41. The number of aromatic nitrogens is 3. The number of ether oxygens (including phenoxy) is 1. The summed E-state index contributed by atoms with van der Waals surface area (Å²) in [6.45, 7) is 16.8. The molecule has 2 aromatic heterocycles. The Labute approximate surface area is 373 Å². The number of nitro groups is 1. The van der Waals surface area contributed by atoms with Gasteiger partial charge in [-0.15, -0.1) is 0 Å². The van der Waals surface area contributed by atoms with E-state index in [1.165, 1.54) is 17.0 Å². The molecule has 2 saturated heterocycles. The van der Waals surface area contributed by atoms with Gasteiger partial charge in [-0.25, -0.2) is 9.36 Å². The molecule has 2 aromatic carbocycles. The number of ketones is 1. The van der Waals surface area contributed by atoms with E-state index in [1.54, 1.807) is 32.9 Å². The first-order valence-corrected chi connectivity index (χ1v) is 22.4. The number of amides is 3. The van der Waals surface area contributed by atoms with Gasteiger partial charge in [-0.1, -0.05) is 31.8 Å². The molecule has 2 fully saturated rings. The number of nitrogens with one attached hydrogen (secondary N) is 3. The minimum absolute atomic E-state index is 0.00258. The number of likely N-dealkylation sites (tertiary alicyclic amines) is 1. The fraction of sp³-hybridized carbons (Fsp3) is 0.532. The van der Waals surface area contributed by atoms with Crippen molar-refractivity contribution in [1.82, 2.24) is 35.0 Å². The predicted molar refractivity (Wildman–Crippen MR) is 241 cm³/mol. The molecule has 0 unspecified atom stereocenters. The number of carbonyl (C=O) groups excluding carboxylic acids is 4. The van der Waals surface area contributed by atoms with Crippen molar-refractivity contribution in [2.75, 3.05) is 50.7 Å². The van der Waals surface area contributed by atoms with E-state index in [9.17, 15) is 34.6 Å². The summed E-state index contributed by atoms with van der Waals surface area (Å²) in [4.78, 5) is 78.0. The van der Waals surface area contributed by atoms with Gasteiger partial charge in [0.1, 0.15) is 18.0 Å². The topological polar surface area (TPSA) is 212 Å². The molecule has 4 aromatic rings. The van der Waals surface area contributed by atoms with Crippen LogP contribution in [0.4, 0.5) is 16.4 Å². The average molecular weight is 877 g/mol. The van der Waals surface area contributed by atoms with Crippen molar-refractivity contribution >= 4 is 46.2 Å². The molecule has 3 N–H and O–H groups in total. The van der Waals surface area contributed by atoms with Crippen molar-refractivity contribution in [1.29, 1.82) is 5.26 Å². The third-order valence-corrected chi connectivity index (χ3v) is 12.7. The molecule has 2 aliphatic heterocycles. The number of nitriles is 1. The highest BCUT2D eigenvalue weighted by molar-refractivity contribution is 6.20. The Morgan fingerprint density at radius 2 is 1.86 bits per heavy atom. The van der Waals surface area contributed by atoms with Gasteiger partial charge in [-0.05, 0) is 99.7 Å². The van der Waals surface area contributed by atoms with E-state index < -0.39 is 28.1 Å². The van der Waals surface area contributed by atoms with Gasteiger partial charge in [-0.2, -0.15) is 5.26 Å². The lowest BCUT2D eigenvalue weighted by molar-refractivity contribution is -0.396. The van der Waals surface area contributed by atoms with Crippen LogP contribution >= 0.6 is 0 Å². The van der Waals surface area contributed by atoms with Crippen LogP contribution < -0.4 is 15.5 Å². The van der Waals surface area contributed by atoms with Crippen LogP contribution in [0.3, 0.4) is 0 Å². The molecule has 64 heavy (non-hydrogen) atoms. The Morgan fingerprint density at radius 3 is 2.56 bits per heavy atom. The number of H-pyrrole nitrogens is 1. The summed E-state index contributed by atoms with van der Waals surface area (Å²) >= 11 is 0. The first kappa shape index (κ1) is 45.7. The maximum absolute atomic E-state index is 14.1. The van der Waals surface area contributed by atoms with Crippen molar-refractivity contribution in [3.8, 4) is 6.07 Å². The molecule has 0 radical (unpaired) electrons. The van der Waals surface area contributed by atoms with Crippen LogP contribution in [0, 0.1) is 21.4 Å². The molecule has 340 valence electrons. The third kappa shape index (κ3) is 10.1. The van der Waals surface area contributed by atoms with Crippen LogP contribution in [0.5, 0.6) is 0 Å². The van der Waals surface area contributed by atoms with Gasteiger partial charge in [0.2, 0.25) is 11.8 Å². The molecule has 2 atom stereocenters. The number of hydrogen-bond donors (Lipinski definition) is 3. The lowest BCUT2D eigenvalue weighted by atomic mass is 9.70. The SMILES string of the molecule is CCc1cc2c(cc1N1CCN(C(=O)CCCN3CC[C@@H](NC(=O)C[C@H](CCCn4ccnc4[N+](=O)[O-])NC(=O)OC(C)(C)C)C3)CC1)C(C)(C)c1[nH]c3cc(C#N)ccc3c1C2=O. The van der Waals surface area contributed by atoms with Gasteiger partial charge >= 0.3 is 12.0 Å². The van der Waals surface area contributed by atoms with Gasteiger partial charge in [0, 0.05) is 97.5 Å². The molecule has 3 amide bonds. The number of fused-ring (bicyclic) bond motifs is 4. The Hall–Kier alpha value is -6.28. The number of aromatic amines is 1. The quantitative estimate of drug-likeness (QED) is 0.0937. The minimum atomic E-state index is -0.718. The number of hydrogen-bond acceptors (Lipinski definition) is 11.